The van der Waals surface area contributed by atoms with Crippen LogP contribution in [-0.4, -0.2) is 15.8 Å². The molecule has 2 aromatic rings. The van der Waals surface area contributed by atoms with Crippen LogP contribution < -0.4 is 0 Å². The van der Waals surface area contributed by atoms with Gasteiger partial charge in [-0.1, -0.05) is 19.8 Å². The van der Waals surface area contributed by atoms with Gasteiger partial charge in [0.2, 0.25) is 0 Å². The van der Waals surface area contributed by atoms with Gasteiger partial charge in [-0.3, -0.25) is 4.79 Å². The summed E-state index contributed by atoms with van der Waals surface area (Å²) in [5.41, 5.74) is 2.52. The van der Waals surface area contributed by atoms with Gasteiger partial charge in [0.15, 0.2) is 5.78 Å². The Balaban J connectivity index is 2.00. The fourth-order valence-electron chi connectivity index (χ4n) is 2.81. The third kappa shape index (κ3) is 1.66. The van der Waals surface area contributed by atoms with Crippen molar-refractivity contribution in [1.29, 1.82) is 0 Å². The maximum Gasteiger partial charge on any atom is 0.168 e. The zero-order valence-electron chi connectivity index (χ0n) is 9.99. The van der Waals surface area contributed by atoms with E-state index in [-0.39, 0.29) is 11.2 Å². The molecule has 1 aliphatic carbocycles. The van der Waals surface area contributed by atoms with Gasteiger partial charge in [-0.05, 0) is 31.0 Å². The van der Waals surface area contributed by atoms with E-state index < -0.39 is 0 Å². The van der Waals surface area contributed by atoms with E-state index in [2.05, 4.69) is 16.9 Å². The van der Waals surface area contributed by atoms with E-state index in [0.717, 1.165) is 29.4 Å². The Hall–Kier alpha value is -1.64. The lowest BCUT2D eigenvalue weighted by molar-refractivity contribution is 0.0823. The normalized spacial score (nSPS) is 18.6. The van der Waals surface area contributed by atoms with Crippen LogP contribution in [0.3, 0.4) is 0 Å². The topological polar surface area (TPSA) is 45.8 Å². The Morgan fingerprint density at radius 3 is 2.88 bits per heavy atom. The van der Waals surface area contributed by atoms with E-state index in [1.165, 1.54) is 12.8 Å². The highest BCUT2D eigenvalue weighted by atomic mass is 16.1. The van der Waals surface area contributed by atoms with Gasteiger partial charge in [0, 0.05) is 11.0 Å². The lowest BCUT2D eigenvalue weighted by atomic mass is 9.81. The molecule has 0 radical (unpaired) electrons. The number of ketones is 1. The van der Waals surface area contributed by atoms with Crippen molar-refractivity contribution in [3.63, 3.8) is 0 Å². The Labute approximate surface area is 100 Å². The first kappa shape index (κ1) is 10.5. The van der Waals surface area contributed by atoms with Gasteiger partial charge in [0.25, 0.3) is 0 Å². The molecule has 3 rings (SSSR count). The minimum absolute atomic E-state index is 0.145. The highest BCUT2D eigenvalue weighted by Gasteiger charge is 2.36. The zero-order valence-corrected chi connectivity index (χ0v) is 9.99. The molecule has 3 heteroatoms. The molecule has 1 aromatic carbocycles. The molecule has 0 spiro atoms. The minimum Gasteiger partial charge on any atom is -0.345 e. The summed E-state index contributed by atoms with van der Waals surface area (Å²) >= 11 is 0. The molecule has 3 nitrogen and oxygen atoms in total. The van der Waals surface area contributed by atoms with Crippen molar-refractivity contribution >= 4 is 16.8 Å². The second-order valence-corrected chi connectivity index (χ2v) is 5.23. The van der Waals surface area contributed by atoms with Crippen LogP contribution in [0.1, 0.15) is 43.0 Å². The predicted octanol–water partition coefficient (Wildman–Crippen LogP) is 3.33. The van der Waals surface area contributed by atoms with Crippen LogP contribution in [0, 0.1) is 5.41 Å². The van der Waals surface area contributed by atoms with Crippen LogP contribution in [0.25, 0.3) is 11.0 Å². The summed E-state index contributed by atoms with van der Waals surface area (Å²) in [5.74, 6) is 0.284. The number of rotatable bonds is 2. The first-order chi connectivity index (χ1) is 8.19. The van der Waals surface area contributed by atoms with Crippen LogP contribution >= 0.6 is 0 Å². The second kappa shape index (κ2) is 3.69. The summed E-state index contributed by atoms with van der Waals surface area (Å²) in [7, 11) is 0. The number of H-pyrrole nitrogens is 1. The zero-order chi connectivity index (χ0) is 11.9. The van der Waals surface area contributed by atoms with Crippen LogP contribution in [0.2, 0.25) is 0 Å². The molecular formula is C14H16N2O. The molecule has 88 valence electrons. The average Bonchev–Trinajstić information content (AvgIpc) is 2.96. The van der Waals surface area contributed by atoms with Crippen molar-refractivity contribution in [2.75, 3.05) is 0 Å². The quantitative estimate of drug-likeness (QED) is 0.801. The van der Waals surface area contributed by atoms with E-state index in [9.17, 15) is 4.79 Å². The molecule has 0 aliphatic heterocycles. The number of imidazole rings is 1. The van der Waals surface area contributed by atoms with Gasteiger partial charge in [-0.25, -0.2) is 4.98 Å². The van der Waals surface area contributed by atoms with Crippen molar-refractivity contribution in [3.05, 3.63) is 30.1 Å². The summed E-state index contributed by atoms with van der Waals surface area (Å²) in [6, 6.07) is 5.74. The second-order valence-electron chi connectivity index (χ2n) is 5.23. The molecule has 1 N–H and O–H groups in total. The molecule has 1 fully saturated rings. The average molecular weight is 228 g/mol. The van der Waals surface area contributed by atoms with E-state index in [1.807, 2.05) is 18.2 Å². The lowest BCUT2D eigenvalue weighted by Gasteiger charge is -2.21. The molecular weight excluding hydrogens is 212 g/mol. The van der Waals surface area contributed by atoms with Gasteiger partial charge in [-0.15, -0.1) is 0 Å². The number of nitrogens with zero attached hydrogens (tertiary/aromatic N) is 1. The number of benzene rings is 1. The number of carbonyl (C=O) groups is 1. The van der Waals surface area contributed by atoms with Crippen molar-refractivity contribution in [1.82, 2.24) is 9.97 Å². The molecule has 0 atom stereocenters. The number of nitrogens with one attached hydrogen (secondary N) is 1. The minimum atomic E-state index is -0.145. The van der Waals surface area contributed by atoms with E-state index in [4.69, 9.17) is 0 Å². The van der Waals surface area contributed by atoms with Crippen LogP contribution in [0.4, 0.5) is 0 Å². The van der Waals surface area contributed by atoms with Gasteiger partial charge in [0.05, 0.1) is 17.4 Å². The van der Waals surface area contributed by atoms with Crippen LogP contribution in [0.15, 0.2) is 24.5 Å². The molecule has 0 saturated heterocycles. The molecule has 1 aromatic heterocycles. The van der Waals surface area contributed by atoms with Gasteiger partial charge in [0.1, 0.15) is 0 Å². The van der Waals surface area contributed by atoms with Crippen molar-refractivity contribution in [3.8, 4) is 0 Å². The van der Waals surface area contributed by atoms with Gasteiger partial charge >= 0.3 is 0 Å². The molecule has 0 bridgehead atoms. The van der Waals surface area contributed by atoms with E-state index in [1.54, 1.807) is 6.33 Å². The number of aromatic amines is 1. The van der Waals surface area contributed by atoms with E-state index >= 15 is 0 Å². The van der Waals surface area contributed by atoms with E-state index in [0.29, 0.717) is 0 Å². The van der Waals surface area contributed by atoms with Crippen LogP contribution in [0.5, 0.6) is 0 Å². The van der Waals surface area contributed by atoms with Crippen LogP contribution in [-0.2, 0) is 0 Å². The Kier molecular flexibility index (Phi) is 2.28. The summed E-state index contributed by atoms with van der Waals surface area (Å²) < 4.78 is 0. The number of hydrogen-bond acceptors (Lipinski definition) is 2. The summed E-state index contributed by atoms with van der Waals surface area (Å²) in [4.78, 5) is 19.7. The van der Waals surface area contributed by atoms with Gasteiger partial charge in [-0.2, -0.15) is 0 Å². The maximum absolute atomic E-state index is 12.5. The molecule has 1 heterocycles. The standard InChI is InChI=1S/C14H16N2O/c1-14(6-2-3-7-14)13(17)10-4-5-11-12(8-10)16-9-15-11/h4-5,8-9H,2-3,6-7H2,1H3,(H,15,16). The Bertz CT molecular complexity index is 564. The largest absolute Gasteiger partial charge is 0.345 e. The monoisotopic (exact) mass is 228 g/mol. The first-order valence-corrected chi connectivity index (χ1v) is 6.17. The third-order valence-electron chi connectivity index (χ3n) is 3.94. The summed E-state index contributed by atoms with van der Waals surface area (Å²) in [6.07, 6.45) is 6.05. The number of fused-ring (bicyclic) bond motifs is 1. The number of Topliss-reactive ketones (excluding diaryl/α,β-unsaturated/α-hetero) is 1. The van der Waals surface area contributed by atoms with Crippen molar-refractivity contribution in [2.45, 2.75) is 32.6 Å². The van der Waals surface area contributed by atoms with Gasteiger partial charge < -0.3 is 4.98 Å². The SMILES string of the molecule is CC1(C(=O)c2ccc3nc[nH]c3c2)CCCC1. The molecule has 0 amide bonds. The third-order valence-corrected chi connectivity index (χ3v) is 3.94. The fourth-order valence-corrected chi connectivity index (χ4v) is 2.81. The number of carbonyl (C=O) groups excluding carboxylic acids is 1. The molecule has 0 unspecified atom stereocenters. The van der Waals surface area contributed by atoms with Crippen molar-refractivity contribution in [2.24, 2.45) is 5.41 Å². The predicted molar refractivity (Wildman–Crippen MR) is 67.0 cm³/mol. The Morgan fingerprint density at radius 2 is 2.12 bits per heavy atom. The summed E-state index contributed by atoms with van der Waals surface area (Å²) in [6.45, 7) is 2.10. The van der Waals surface area contributed by atoms with Crippen molar-refractivity contribution < 1.29 is 4.79 Å². The molecule has 1 saturated carbocycles. The maximum atomic E-state index is 12.5. The lowest BCUT2D eigenvalue weighted by Crippen LogP contribution is -2.24. The first-order valence-electron chi connectivity index (χ1n) is 6.17. The highest BCUT2D eigenvalue weighted by Crippen LogP contribution is 2.40. The fraction of sp³-hybridized carbons (Fsp3) is 0.429. The Morgan fingerprint density at radius 1 is 1.35 bits per heavy atom. The molecule has 1 aliphatic rings. The number of aromatic nitrogens is 2. The number of hydrogen-bond donors (Lipinski definition) is 1. The summed E-state index contributed by atoms with van der Waals surface area (Å²) in [5, 5.41) is 0. The molecule has 17 heavy (non-hydrogen) atoms. The highest BCUT2D eigenvalue weighted by molar-refractivity contribution is 6.02. The smallest absolute Gasteiger partial charge is 0.168 e.